The first-order valence-electron chi connectivity index (χ1n) is 12.4. The molecule has 2 aromatic rings. The van der Waals surface area contributed by atoms with E-state index in [4.69, 9.17) is 5.73 Å². The fourth-order valence-electron chi connectivity index (χ4n) is 5.20. The second-order valence-electron chi connectivity index (χ2n) is 10.4. The molecule has 0 spiro atoms. The van der Waals surface area contributed by atoms with Crippen LogP contribution in [0.2, 0.25) is 0 Å². The lowest BCUT2D eigenvalue weighted by molar-refractivity contribution is -0.134. The fourth-order valence-corrected chi connectivity index (χ4v) is 7.34. The lowest BCUT2D eigenvalue weighted by Crippen LogP contribution is -2.52. The minimum atomic E-state index is -3.69. The Labute approximate surface area is 203 Å². The van der Waals surface area contributed by atoms with E-state index in [0.29, 0.717) is 43.2 Å². The van der Waals surface area contributed by atoms with Gasteiger partial charge in [-0.25, -0.2) is 8.42 Å². The van der Waals surface area contributed by atoms with Crippen molar-refractivity contribution in [3.63, 3.8) is 0 Å². The van der Waals surface area contributed by atoms with Crippen LogP contribution in [0.4, 0.5) is 5.69 Å². The number of hydrogen-bond acceptors (Lipinski definition) is 5. The highest BCUT2D eigenvalue weighted by atomic mass is 32.2. The van der Waals surface area contributed by atoms with Gasteiger partial charge in [0.25, 0.3) is 0 Å². The Bertz CT molecular complexity index is 1140. The zero-order valence-corrected chi connectivity index (χ0v) is 21.6. The Morgan fingerprint density at radius 3 is 2.18 bits per heavy atom. The van der Waals surface area contributed by atoms with Crippen molar-refractivity contribution < 1.29 is 13.2 Å². The average Bonchev–Trinajstić information content (AvgIpc) is 3.62. The topological polar surface area (TPSA) is 87.0 Å². The van der Waals surface area contributed by atoms with Crippen LogP contribution in [0.5, 0.6) is 0 Å². The van der Waals surface area contributed by atoms with Gasteiger partial charge in [0, 0.05) is 55.7 Å². The van der Waals surface area contributed by atoms with Crippen LogP contribution in [0.3, 0.4) is 0 Å². The molecule has 1 atom stereocenters. The molecule has 2 N–H and O–H groups in total. The normalized spacial score (nSPS) is 18.6. The molecule has 34 heavy (non-hydrogen) atoms. The molecule has 0 aromatic heterocycles. The molecule has 0 bridgehead atoms. The van der Waals surface area contributed by atoms with E-state index in [-0.39, 0.29) is 18.0 Å². The first-order valence-corrected chi connectivity index (χ1v) is 13.8. The molecule has 8 heteroatoms. The largest absolute Gasteiger partial charge is 0.377 e. The monoisotopic (exact) mass is 486 g/mol. The molecule has 2 fully saturated rings. The van der Waals surface area contributed by atoms with Crippen molar-refractivity contribution >= 4 is 32.4 Å². The molecular formula is C26H38N4O3S. The number of rotatable bonds is 8. The maximum Gasteiger partial charge on any atom is 0.244 e. The Balaban J connectivity index is 1.58. The van der Waals surface area contributed by atoms with Crippen LogP contribution in [0.1, 0.15) is 46.0 Å². The highest BCUT2D eigenvalue weighted by molar-refractivity contribution is 7.89. The van der Waals surface area contributed by atoms with E-state index in [1.165, 1.54) is 0 Å². The van der Waals surface area contributed by atoms with Crippen molar-refractivity contribution in [2.24, 2.45) is 11.7 Å². The molecule has 1 saturated heterocycles. The lowest BCUT2D eigenvalue weighted by atomic mass is 10.0. The average molecular weight is 487 g/mol. The number of fused-ring (bicyclic) bond motifs is 1. The maximum absolute atomic E-state index is 14.1. The Morgan fingerprint density at radius 1 is 1.00 bits per heavy atom. The number of likely N-dealkylation sites (tertiary alicyclic amines) is 1. The number of nitrogens with two attached hydrogens (primary N) is 1. The molecule has 2 aliphatic rings. The van der Waals surface area contributed by atoms with E-state index in [1.807, 2.05) is 54.2 Å². The van der Waals surface area contributed by atoms with Gasteiger partial charge in [0.1, 0.15) is 0 Å². The van der Waals surface area contributed by atoms with Gasteiger partial charge in [0.2, 0.25) is 15.9 Å². The third-order valence-corrected chi connectivity index (χ3v) is 9.04. The minimum Gasteiger partial charge on any atom is -0.377 e. The van der Waals surface area contributed by atoms with Gasteiger partial charge in [-0.05, 0) is 50.2 Å². The number of sulfonamides is 1. The Morgan fingerprint density at radius 2 is 1.59 bits per heavy atom. The summed E-state index contributed by atoms with van der Waals surface area (Å²) in [5, 5.41) is 1.69. The van der Waals surface area contributed by atoms with Crippen molar-refractivity contribution in [3.8, 4) is 0 Å². The molecule has 2 aromatic carbocycles. The molecule has 7 nitrogen and oxygen atoms in total. The van der Waals surface area contributed by atoms with Crippen LogP contribution in [0.25, 0.3) is 10.8 Å². The smallest absolute Gasteiger partial charge is 0.244 e. The van der Waals surface area contributed by atoms with Gasteiger partial charge in [0.05, 0.1) is 10.9 Å². The Hall–Kier alpha value is -2.16. The van der Waals surface area contributed by atoms with Crippen LogP contribution in [-0.2, 0) is 14.8 Å². The van der Waals surface area contributed by atoms with Gasteiger partial charge in [-0.1, -0.05) is 38.1 Å². The number of carbonyl (C=O) groups excluding carboxylic acids is 1. The van der Waals surface area contributed by atoms with Crippen molar-refractivity contribution in [1.82, 2.24) is 9.21 Å². The third-order valence-electron chi connectivity index (χ3n) is 6.98. The second kappa shape index (κ2) is 9.84. The number of piperidine rings is 1. The summed E-state index contributed by atoms with van der Waals surface area (Å²) >= 11 is 0. The number of benzene rings is 2. The Kier molecular flexibility index (Phi) is 7.22. The number of hydrogen-bond donors (Lipinski definition) is 1. The molecule has 1 saturated carbocycles. The standard InChI is InChI=1S/C26H38N4O3S/c1-18(2)17-23(27)26(31)29-15-13-20(14-16-29)30(19-11-12-19)34(32,33)25-10-6-7-21-22(25)8-5-9-24(21)28(3)4/h5-10,18-20,23H,11-17,27H2,1-4H3/t23-/m1/s1. The number of carbonyl (C=O) groups is 1. The van der Waals surface area contributed by atoms with E-state index in [1.54, 1.807) is 10.4 Å². The fraction of sp³-hybridized carbons (Fsp3) is 0.577. The summed E-state index contributed by atoms with van der Waals surface area (Å²) in [6.07, 6.45) is 3.74. The molecule has 186 valence electrons. The predicted molar refractivity (Wildman–Crippen MR) is 137 cm³/mol. The summed E-state index contributed by atoms with van der Waals surface area (Å²) in [5.41, 5.74) is 7.13. The van der Waals surface area contributed by atoms with Gasteiger partial charge in [-0.3, -0.25) is 4.79 Å². The number of anilines is 1. The summed E-state index contributed by atoms with van der Waals surface area (Å²) in [4.78, 5) is 17.0. The van der Waals surface area contributed by atoms with Crippen LogP contribution < -0.4 is 10.6 Å². The highest BCUT2D eigenvalue weighted by Gasteiger charge is 2.44. The van der Waals surface area contributed by atoms with Crippen molar-refractivity contribution in [1.29, 1.82) is 0 Å². The maximum atomic E-state index is 14.1. The summed E-state index contributed by atoms with van der Waals surface area (Å²) in [7, 11) is 0.244. The van der Waals surface area contributed by atoms with E-state index >= 15 is 0 Å². The van der Waals surface area contributed by atoms with Crippen LogP contribution in [-0.4, -0.2) is 68.8 Å². The van der Waals surface area contributed by atoms with Gasteiger partial charge >= 0.3 is 0 Å². The van der Waals surface area contributed by atoms with Gasteiger partial charge in [-0.2, -0.15) is 4.31 Å². The molecule has 4 rings (SSSR count). The first-order chi connectivity index (χ1) is 16.1. The predicted octanol–water partition coefficient (Wildman–Crippen LogP) is 3.42. The molecule has 1 aliphatic carbocycles. The zero-order valence-electron chi connectivity index (χ0n) is 20.8. The zero-order chi connectivity index (χ0) is 24.6. The van der Waals surface area contributed by atoms with E-state index in [9.17, 15) is 13.2 Å². The first kappa shape index (κ1) is 24.9. The van der Waals surface area contributed by atoms with Crippen molar-refractivity contribution in [2.75, 3.05) is 32.1 Å². The quantitative estimate of drug-likeness (QED) is 0.618. The molecule has 0 unspecified atom stereocenters. The minimum absolute atomic E-state index is 0.0155. The van der Waals surface area contributed by atoms with Gasteiger partial charge in [0.15, 0.2) is 0 Å². The lowest BCUT2D eigenvalue weighted by Gasteiger charge is -2.39. The third kappa shape index (κ3) is 4.95. The molecule has 0 radical (unpaired) electrons. The summed E-state index contributed by atoms with van der Waals surface area (Å²) in [6.45, 7) is 5.22. The molecule has 1 amide bonds. The highest BCUT2D eigenvalue weighted by Crippen LogP contribution is 2.39. The summed E-state index contributed by atoms with van der Waals surface area (Å²) in [6, 6.07) is 10.8. The molecule has 1 heterocycles. The van der Waals surface area contributed by atoms with E-state index in [2.05, 4.69) is 13.8 Å². The van der Waals surface area contributed by atoms with Crippen molar-refractivity contribution in [3.05, 3.63) is 36.4 Å². The van der Waals surface area contributed by atoms with Gasteiger partial charge in [-0.15, -0.1) is 0 Å². The molecular weight excluding hydrogens is 448 g/mol. The van der Waals surface area contributed by atoms with E-state index in [0.717, 1.165) is 29.3 Å². The van der Waals surface area contributed by atoms with Crippen LogP contribution in [0.15, 0.2) is 41.3 Å². The van der Waals surface area contributed by atoms with Gasteiger partial charge < -0.3 is 15.5 Å². The molecule has 1 aliphatic heterocycles. The van der Waals surface area contributed by atoms with Crippen LogP contribution in [0, 0.1) is 5.92 Å². The van der Waals surface area contributed by atoms with Crippen LogP contribution >= 0.6 is 0 Å². The van der Waals surface area contributed by atoms with Crippen molar-refractivity contribution in [2.45, 2.75) is 69.0 Å². The second-order valence-corrected chi connectivity index (χ2v) is 12.2. The van der Waals surface area contributed by atoms with E-state index < -0.39 is 16.1 Å². The number of nitrogens with zero attached hydrogens (tertiary/aromatic N) is 3. The number of amides is 1. The summed E-state index contributed by atoms with van der Waals surface area (Å²) in [5.74, 6) is 0.346. The summed E-state index contributed by atoms with van der Waals surface area (Å²) < 4.78 is 29.9. The SMILES string of the molecule is CC(C)C[C@@H](N)C(=O)N1CCC(N(C2CC2)S(=O)(=O)c2cccc3c(N(C)C)cccc23)CC1.